The molecular weight excluding hydrogens is 230 g/mol. The van der Waals surface area contributed by atoms with Crippen LogP contribution >= 0.6 is 0 Å². The van der Waals surface area contributed by atoms with E-state index in [4.69, 9.17) is 5.73 Å². The van der Waals surface area contributed by atoms with Gasteiger partial charge in [-0.3, -0.25) is 9.59 Å². The van der Waals surface area contributed by atoms with Crippen molar-refractivity contribution in [2.75, 3.05) is 13.1 Å². The molecule has 0 rings (SSSR count). The molecule has 106 valence electrons. The van der Waals surface area contributed by atoms with Crippen LogP contribution in [0.5, 0.6) is 0 Å². The summed E-state index contributed by atoms with van der Waals surface area (Å²) in [4.78, 5) is 25.4. The van der Waals surface area contributed by atoms with Crippen molar-refractivity contribution in [1.29, 1.82) is 0 Å². The molecule has 0 bridgehead atoms. The number of nitrogens with two attached hydrogens (primary N) is 1. The summed E-state index contributed by atoms with van der Waals surface area (Å²) >= 11 is 0. The largest absolute Gasteiger partial charge is 0.343 e. The number of unbranched alkanes of at least 4 members (excludes halogenated alkanes) is 1. The van der Waals surface area contributed by atoms with Gasteiger partial charge in [-0.2, -0.15) is 0 Å². The molecule has 0 aliphatic rings. The van der Waals surface area contributed by atoms with Gasteiger partial charge in [-0.25, -0.2) is 0 Å². The van der Waals surface area contributed by atoms with Crippen LogP contribution in [0.4, 0.5) is 0 Å². The van der Waals surface area contributed by atoms with E-state index in [9.17, 15) is 9.59 Å². The molecule has 0 aromatic rings. The van der Waals surface area contributed by atoms with Gasteiger partial charge < -0.3 is 16.0 Å². The number of hydrogen-bond acceptors (Lipinski definition) is 3. The number of carbonyl (C=O) groups excluding carboxylic acids is 2. The minimum atomic E-state index is -0.517. The zero-order valence-electron chi connectivity index (χ0n) is 12.0. The fraction of sp³-hybridized carbons (Fsp3) is 0.846. The predicted molar refractivity (Wildman–Crippen MR) is 73.0 cm³/mol. The van der Waals surface area contributed by atoms with Crippen LogP contribution in [0.1, 0.15) is 47.0 Å². The molecule has 0 spiro atoms. The molecule has 0 saturated heterocycles. The summed E-state index contributed by atoms with van der Waals surface area (Å²) in [7, 11) is 0. The molecule has 0 fully saturated rings. The smallest absolute Gasteiger partial charge is 0.244 e. The molecule has 0 saturated carbocycles. The molecule has 5 nitrogen and oxygen atoms in total. The van der Waals surface area contributed by atoms with E-state index in [1.54, 1.807) is 11.8 Å². The fourth-order valence-electron chi connectivity index (χ4n) is 1.75. The van der Waals surface area contributed by atoms with E-state index in [-0.39, 0.29) is 11.8 Å². The summed E-state index contributed by atoms with van der Waals surface area (Å²) < 4.78 is 0. The van der Waals surface area contributed by atoms with Crippen molar-refractivity contribution >= 4 is 11.8 Å². The van der Waals surface area contributed by atoms with E-state index in [1.165, 1.54) is 0 Å². The molecule has 18 heavy (non-hydrogen) atoms. The molecule has 3 N–H and O–H groups in total. The highest BCUT2D eigenvalue weighted by atomic mass is 16.2. The fourth-order valence-corrected chi connectivity index (χ4v) is 1.75. The van der Waals surface area contributed by atoms with Gasteiger partial charge in [0, 0.05) is 13.1 Å². The Morgan fingerprint density at radius 3 is 2.22 bits per heavy atom. The van der Waals surface area contributed by atoms with Crippen molar-refractivity contribution in [2.45, 2.75) is 59.0 Å². The second-order valence-corrected chi connectivity index (χ2v) is 4.49. The molecule has 2 amide bonds. The summed E-state index contributed by atoms with van der Waals surface area (Å²) in [5.41, 5.74) is 5.76. The molecule has 0 aromatic carbocycles. The van der Waals surface area contributed by atoms with Gasteiger partial charge in [-0.15, -0.1) is 0 Å². The highest BCUT2D eigenvalue weighted by Crippen LogP contribution is 2.00. The van der Waals surface area contributed by atoms with Gasteiger partial charge in [-0.1, -0.05) is 19.8 Å². The Kier molecular flexibility index (Phi) is 8.37. The van der Waals surface area contributed by atoms with Gasteiger partial charge in [0.05, 0.1) is 6.04 Å². The summed E-state index contributed by atoms with van der Waals surface area (Å²) in [6.45, 7) is 8.89. The monoisotopic (exact) mass is 257 g/mol. The van der Waals surface area contributed by atoms with Crippen LogP contribution in [0.3, 0.4) is 0 Å². The SMILES string of the molecule is CCCCC(N)C(=O)NC(C)C(=O)N(CC)CC. The summed E-state index contributed by atoms with van der Waals surface area (Å²) in [5.74, 6) is -0.299. The first kappa shape index (κ1) is 16.9. The third kappa shape index (κ3) is 5.49. The minimum Gasteiger partial charge on any atom is -0.343 e. The summed E-state index contributed by atoms with van der Waals surface area (Å²) in [6.07, 6.45) is 2.59. The third-order valence-electron chi connectivity index (χ3n) is 3.01. The average Bonchev–Trinajstić information content (AvgIpc) is 2.36. The quantitative estimate of drug-likeness (QED) is 0.677. The maximum absolute atomic E-state index is 11.9. The molecule has 0 heterocycles. The topological polar surface area (TPSA) is 75.4 Å². The number of likely N-dealkylation sites (N-methyl/N-ethyl adjacent to an activating group) is 1. The first-order valence-electron chi connectivity index (χ1n) is 6.82. The van der Waals surface area contributed by atoms with Crippen LogP contribution in [0.25, 0.3) is 0 Å². The number of rotatable bonds is 8. The van der Waals surface area contributed by atoms with Crippen LogP contribution in [-0.2, 0) is 9.59 Å². The molecule has 2 atom stereocenters. The van der Waals surface area contributed by atoms with Crippen LogP contribution in [-0.4, -0.2) is 41.9 Å². The molecule has 0 aliphatic carbocycles. The predicted octanol–water partition coefficient (Wildman–Crippen LogP) is 0.877. The van der Waals surface area contributed by atoms with Crippen LogP contribution in [0.2, 0.25) is 0 Å². The highest BCUT2D eigenvalue weighted by Gasteiger charge is 2.22. The van der Waals surface area contributed by atoms with E-state index in [1.807, 2.05) is 13.8 Å². The maximum Gasteiger partial charge on any atom is 0.244 e. The lowest BCUT2D eigenvalue weighted by Gasteiger charge is -2.24. The van der Waals surface area contributed by atoms with Gasteiger partial charge in [0.15, 0.2) is 0 Å². The Bertz CT molecular complexity index is 265. The van der Waals surface area contributed by atoms with Crippen molar-refractivity contribution in [2.24, 2.45) is 5.73 Å². The van der Waals surface area contributed by atoms with Crippen molar-refractivity contribution < 1.29 is 9.59 Å². The molecule has 2 unspecified atom stereocenters. The number of amides is 2. The Labute approximate surface area is 110 Å². The first-order chi connectivity index (χ1) is 8.47. The van der Waals surface area contributed by atoms with E-state index in [0.29, 0.717) is 19.5 Å². The summed E-state index contributed by atoms with van der Waals surface area (Å²) in [5, 5.41) is 2.68. The zero-order chi connectivity index (χ0) is 14.1. The Hall–Kier alpha value is -1.10. The van der Waals surface area contributed by atoms with Crippen molar-refractivity contribution in [3.8, 4) is 0 Å². The number of nitrogens with one attached hydrogen (secondary N) is 1. The van der Waals surface area contributed by atoms with Crippen LogP contribution in [0, 0.1) is 0 Å². The second-order valence-electron chi connectivity index (χ2n) is 4.49. The Morgan fingerprint density at radius 2 is 1.78 bits per heavy atom. The Morgan fingerprint density at radius 1 is 1.22 bits per heavy atom. The van der Waals surface area contributed by atoms with Gasteiger partial charge >= 0.3 is 0 Å². The van der Waals surface area contributed by atoms with Gasteiger partial charge in [0.2, 0.25) is 11.8 Å². The third-order valence-corrected chi connectivity index (χ3v) is 3.01. The molecular formula is C13H27N3O2. The van der Waals surface area contributed by atoms with E-state index < -0.39 is 12.1 Å². The number of nitrogens with zero attached hydrogens (tertiary/aromatic N) is 1. The van der Waals surface area contributed by atoms with Gasteiger partial charge in [-0.05, 0) is 27.2 Å². The molecule has 0 aromatic heterocycles. The lowest BCUT2D eigenvalue weighted by Crippen LogP contribution is -2.51. The number of hydrogen-bond donors (Lipinski definition) is 2. The number of carbonyl (C=O) groups is 2. The van der Waals surface area contributed by atoms with Crippen molar-refractivity contribution in [3.63, 3.8) is 0 Å². The average molecular weight is 257 g/mol. The van der Waals surface area contributed by atoms with Crippen LogP contribution < -0.4 is 11.1 Å². The molecule has 5 heteroatoms. The summed E-state index contributed by atoms with van der Waals surface area (Å²) in [6, 6.07) is -1.03. The second kappa shape index (κ2) is 8.91. The van der Waals surface area contributed by atoms with Gasteiger partial charge in [0.1, 0.15) is 6.04 Å². The minimum absolute atomic E-state index is 0.0592. The normalized spacial score (nSPS) is 13.8. The Balaban J connectivity index is 4.25. The maximum atomic E-state index is 11.9. The van der Waals surface area contributed by atoms with Crippen molar-refractivity contribution in [3.05, 3.63) is 0 Å². The lowest BCUT2D eigenvalue weighted by molar-refractivity contribution is -0.136. The van der Waals surface area contributed by atoms with E-state index in [0.717, 1.165) is 12.8 Å². The van der Waals surface area contributed by atoms with Crippen molar-refractivity contribution in [1.82, 2.24) is 10.2 Å². The highest BCUT2D eigenvalue weighted by molar-refractivity contribution is 5.89. The van der Waals surface area contributed by atoms with E-state index >= 15 is 0 Å². The standard InChI is InChI=1S/C13H27N3O2/c1-5-8-9-11(14)12(17)15-10(4)13(18)16(6-2)7-3/h10-11H,5-9,14H2,1-4H3,(H,15,17). The molecule has 0 radical (unpaired) electrons. The molecule has 0 aliphatic heterocycles. The zero-order valence-corrected chi connectivity index (χ0v) is 12.0. The van der Waals surface area contributed by atoms with E-state index in [2.05, 4.69) is 12.2 Å². The van der Waals surface area contributed by atoms with Crippen LogP contribution in [0.15, 0.2) is 0 Å². The lowest BCUT2D eigenvalue weighted by atomic mass is 10.1. The van der Waals surface area contributed by atoms with Gasteiger partial charge in [0.25, 0.3) is 0 Å². The first-order valence-corrected chi connectivity index (χ1v) is 6.82.